The molecule has 1 aliphatic rings. The van der Waals surface area contributed by atoms with Crippen molar-refractivity contribution in [1.29, 1.82) is 5.26 Å². The summed E-state index contributed by atoms with van der Waals surface area (Å²) in [5.74, 6) is -0.504. The minimum Gasteiger partial charge on any atom is -0.355 e. The van der Waals surface area contributed by atoms with Crippen LogP contribution in [-0.4, -0.2) is 24.9 Å². The summed E-state index contributed by atoms with van der Waals surface area (Å²) in [6, 6.07) is 2.10. The van der Waals surface area contributed by atoms with Gasteiger partial charge < -0.3 is 10.6 Å². The van der Waals surface area contributed by atoms with Crippen molar-refractivity contribution in [3.8, 4) is 6.07 Å². The molecule has 5 nitrogen and oxygen atoms in total. The number of nitrogens with zero attached hydrogens (tertiary/aromatic N) is 1. The lowest BCUT2D eigenvalue weighted by Crippen LogP contribution is -2.43. The van der Waals surface area contributed by atoms with E-state index in [-0.39, 0.29) is 18.4 Å². The zero-order valence-corrected chi connectivity index (χ0v) is 10.2. The van der Waals surface area contributed by atoms with Crippen LogP contribution in [0.5, 0.6) is 0 Å². The number of nitriles is 1. The van der Waals surface area contributed by atoms with E-state index in [1.165, 1.54) is 0 Å². The Labute approximate surface area is 102 Å². The third-order valence-corrected chi connectivity index (χ3v) is 3.09. The Kier molecular flexibility index (Phi) is 4.95. The summed E-state index contributed by atoms with van der Waals surface area (Å²) in [5, 5.41) is 14.3. The van der Waals surface area contributed by atoms with Crippen LogP contribution in [0.3, 0.4) is 0 Å². The van der Waals surface area contributed by atoms with Gasteiger partial charge in [0.2, 0.25) is 11.8 Å². The van der Waals surface area contributed by atoms with Gasteiger partial charge in [-0.2, -0.15) is 5.26 Å². The number of nitrogens with one attached hydrogen (secondary N) is 2. The van der Waals surface area contributed by atoms with Gasteiger partial charge in [-0.15, -0.1) is 0 Å². The minimum atomic E-state index is -0.898. The van der Waals surface area contributed by atoms with E-state index >= 15 is 0 Å². The van der Waals surface area contributed by atoms with Gasteiger partial charge >= 0.3 is 0 Å². The molecular weight excluding hydrogens is 218 g/mol. The van der Waals surface area contributed by atoms with Crippen molar-refractivity contribution in [2.24, 2.45) is 5.41 Å². The third-order valence-electron chi connectivity index (χ3n) is 3.09. The molecule has 0 radical (unpaired) electrons. The monoisotopic (exact) mass is 237 g/mol. The van der Waals surface area contributed by atoms with Gasteiger partial charge in [0, 0.05) is 6.54 Å². The zero-order chi connectivity index (χ0) is 12.7. The molecule has 0 aromatic rings. The van der Waals surface area contributed by atoms with Crippen LogP contribution in [0.25, 0.3) is 0 Å². The Morgan fingerprint density at radius 1 is 1.29 bits per heavy atom. The van der Waals surface area contributed by atoms with E-state index in [4.69, 9.17) is 5.26 Å². The quantitative estimate of drug-likeness (QED) is 0.739. The third kappa shape index (κ3) is 3.45. The molecule has 1 aliphatic carbocycles. The van der Waals surface area contributed by atoms with E-state index < -0.39 is 5.41 Å². The molecule has 1 fully saturated rings. The number of hydrogen-bond acceptors (Lipinski definition) is 3. The lowest BCUT2D eigenvalue weighted by atomic mass is 9.87. The van der Waals surface area contributed by atoms with Crippen molar-refractivity contribution in [2.75, 3.05) is 13.1 Å². The molecule has 1 rings (SSSR count). The number of hydrogen-bond donors (Lipinski definition) is 2. The smallest absolute Gasteiger partial charge is 0.240 e. The highest BCUT2D eigenvalue weighted by Gasteiger charge is 2.41. The minimum absolute atomic E-state index is 0.0394. The summed E-state index contributed by atoms with van der Waals surface area (Å²) >= 11 is 0. The molecule has 0 aromatic carbocycles. The number of amides is 2. The van der Waals surface area contributed by atoms with Crippen LogP contribution in [0.1, 0.15) is 39.0 Å². The topological polar surface area (TPSA) is 82.0 Å². The van der Waals surface area contributed by atoms with Gasteiger partial charge in [0.05, 0.1) is 12.6 Å². The van der Waals surface area contributed by atoms with Crippen LogP contribution < -0.4 is 10.6 Å². The molecule has 94 valence electrons. The van der Waals surface area contributed by atoms with Crippen LogP contribution in [0, 0.1) is 16.7 Å². The molecule has 0 aliphatic heterocycles. The second-order valence-corrected chi connectivity index (χ2v) is 4.43. The Morgan fingerprint density at radius 2 is 1.94 bits per heavy atom. The van der Waals surface area contributed by atoms with Gasteiger partial charge in [-0.1, -0.05) is 19.8 Å². The number of carbonyl (C=O) groups is 2. The number of rotatable bonds is 5. The fraction of sp³-hybridized carbons (Fsp3) is 0.750. The van der Waals surface area contributed by atoms with Crippen LogP contribution in [0.15, 0.2) is 0 Å². The normalized spacial score (nSPS) is 17.2. The standard InChI is InChI=1S/C12H19N3O2/c1-2-7-14-10(16)8-15-11(17)12(9-13)5-3-4-6-12/h2-8H2,1H3,(H,14,16)(H,15,17). The van der Waals surface area contributed by atoms with E-state index in [0.717, 1.165) is 19.3 Å². The zero-order valence-electron chi connectivity index (χ0n) is 10.2. The molecule has 0 atom stereocenters. The summed E-state index contributed by atoms with van der Waals surface area (Å²) in [4.78, 5) is 23.2. The SMILES string of the molecule is CCCNC(=O)CNC(=O)C1(C#N)CCCC1. The largest absolute Gasteiger partial charge is 0.355 e. The van der Waals surface area contributed by atoms with Crippen molar-refractivity contribution >= 4 is 11.8 Å². The van der Waals surface area contributed by atoms with Gasteiger partial charge in [0.25, 0.3) is 0 Å². The first kappa shape index (κ1) is 13.5. The molecular formula is C12H19N3O2. The Hall–Kier alpha value is -1.57. The lowest BCUT2D eigenvalue weighted by Gasteiger charge is -2.18. The first-order chi connectivity index (χ1) is 8.14. The molecule has 2 N–H and O–H groups in total. The number of carbonyl (C=O) groups excluding carboxylic acids is 2. The maximum Gasteiger partial charge on any atom is 0.240 e. The van der Waals surface area contributed by atoms with Crippen LogP contribution in [0.4, 0.5) is 0 Å². The fourth-order valence-corrected chi connectivity index (χ4v) is 2.02. The highest BCUT2D eigenvalue weighted by molar-refractivity contribution is 5.89. The maximum absolute atomic E-state index is 11.9. The van der Waals surface area contributed by atoms with Crippen molar-refractivity contribution in [3.63, 3.8) is 0 Å². The summed E-state index contributed by atoms with van der Waals surface area (Å²) in [6.45, 7) is 2.53. The molecule has 0 saturated heterocycles. The van der Waals surface area contributed by atoms with Gasteiger partial charge in [0.1, 0.15) is 5.41 Å². The highest BCUT2D eigenvalue weighted by Crippen LogP contribution is 2.37. The molecule has 17 heavy (non-hydrogen) atoms. The molecule has 0 aromatic heterocycles. The van der Waals surface area contributed by atoms with E-state index in [1.54, 1.807) is 0 Å². The first-order valence-corrected chi connectivity index (χ1v) is 6.11. The molecule has 5 heteroatoms. The highest BCUT2D eigenvalue weighted by atomic mass is 16.2. The van der Waals surface area contributed by atoms with Gasteiger partial charge in [-0.3, -0.25) is 9.59 Å². The van der Waals surface area contributed by atoms with E-state index in [0.29, 0.717) is 19.4 Å². The average Bonchev–Trinajstić information content (AvgIpc) is 2.83. The second kappa shape index (κ2) is 6.24. The summed E-state index contributed by atoms with van der Waals surface area (Å²) in [6.07, 6.45) is 3.88. The molecule has 0 unspecified atom stereocenters. The van der Waals surface area contributed by atoms with Crippen LogP contribution in [-0.2, 0) is 9.59 Å². The van der Waals surface area contributed by atoms with Crippen molar-refractivity contribution in [1.82, 2.24) is 10.6 Å². The predicted octanol–water partition coefficient (Wildman–Crippen LogP) is 0.713. The summed E-state index contributed by atoms with van der Waals surface area (Å²) in [5.41, 5.74) is -0.898. The van der Waals surface area contributed by atoms with Crippen LogP contribution >= 0.6 is 0 Å². The van der Waals surface area contributed by atoms with E-state index in [1.807, 2.05) is 6.92 Å². The summed E-state index contributed by atoms with van der Waals surface area (Å²) < 4.78 is 0. The van der Waals surface area contributed by atoms with Crippen molar-refractivity contribution in [3.05, 3.63) is 0 Å². The second-order valence-electron chi connectivity index (χ2n) is 4.43. The van der Waals surface area contributed by atoms with E-state index in [2.05, 4.69) is 16.7 Å². The fourth-order valence-electron chi connectivity index (χ4n) is 2.02. The van der Waals surface area contributed by atoms with Crippen LogP contribution in [0.2, 0.25) is 0 Å². The van der Waals surface area contributed by atoms with Crippen molar-refractivity contribution in [2.45, 2.75) is 39.0 Å². The molecule has 1 saturated carbocycles. The predicted molar refractivity (Wildman–Crippen MR) is 62.8 cm³/mol. The first-order valence-electron chi connectivity index (χ1n) is 6.11. The summed E-state index contributed by atoms with van der Waals surface area (Å²) in [7, 11) is 0. The lowest BCUT2D eigenvalue weighted by molar-refractivity contribution is -0.130. The van der Waals surface area contributed by atoms with Crippen molar-refractivity contribution < 1.29 is 9.59 Å². The van der Waals surface area contributed by atoms with Gasteiger partial charge in [-0.05, 0) is 19.3 Å². The van der Waals surface area contributed by atoms with Gasteiger partial charge in [-0.25, -0.2) is 0 Å². The Balaban J connectivity index is 2.39. The molecule has 0 bridgehead atoms. The van der Waals surface area contributed by atoms with E-state index in [9.17, 15) is 9.59 Å². The Bertz CT molecular complexity index is 327. The Morgan fingerprint density at radius 3 is 2.47 bits per heavy atom. The maximum atomic E-state index is 11.9. The average molecular weight is 237 g/mol. The van der Waals surface area contributed by atoms with Gasteiger partial charge in [0.15, 0.2) is 0 Å². The molecule has 2 amide bonds. The molecule has 0 spiro atoms. The molecule has 0 heterocycles.